The van der Waals surface area contributed by atoms with E-state index in [1.807, 2.05) is 6.07 Å². The van der Waals surface area contributed by atoms with Gasteiger partial charge in [-0.2, -0.15) is 18.3 Å². The highest BCUT2D eigenvalue weighted by atomic mass is 19.4. The fourth-order valence-electron chi connectivity index (χ4n) is 3.81. The molecule has 0 spiro atoms. The van der Waals surface area contributed by atoms with Crippen molar-refractivity contribution in [3.63, 3.8) is 0 Å². The predicted octanol–water partition coefficient (Wildman–Crippen LogP) is 2.58. The minimum Gasteiger partial charge on any atom is -0.348 e. The molecule has 160 valence electrons. The zero-order chi connectivity index (χ0) is 21.1. The monoisotopic (exact) mass is 421 g/mol. The van der Waals surface area contributed by atoms with Crippen molar-refractivity contribution in [1.82, 2.24) is 35.4 Å². The van der Waals surface area contributed by atoms with Crippen LogP contribution in [-0.2, 0) is 0 Å². The molecule has 4 rings (SSSR count). The maximum absolute atomic E-state index is 12.9. The van der Waals surface area contributed by atoms with E-state index in [9.17, 15) is 18.0 Å². The summed E-state index contributed by atoms with van der Waals surface area (Å²) in [5, 5.41) is 13.1. The highest BCUT2D eigenvalue weighted by molar-refractivity contribution is 6.04. The number of rotatable bonds is 6. The second-order valence-corrected chi connectivity index (χ2v) is 7.57. The van der Waals surface area contributed by atoms with Gasteiger partial charge in [-0.15, -0.1) is 0 Å². The smallest absolute Gasteiger partial charge is 0.348 e. The van der Waals surface area contributed by atoms with Crippen molar-refractivity contribution < 1.29 is 18.0 Å². The third-order valence-electron chi connectivity index (χ3n) is 5.34. The number of aromatic nitrogens is 5. The van der Waals surface area contributed by atoms with Gasteiger partial charge in [0.05, 0.1) is 18.3 Å². The lowest BCUT2D eigenvalue weighted by Gasteiger charge is -2.29. The van der Waals surface area contributed by atoms with E-state index in [0.29, 0.717) is 17.9 Å². The van der Waals surface area contributed by atoms with E-state index in [2.05, 4.69) is 30.8 Å². The van der Waals surface area contributed by atoms with Gasteiger partial charge in [0.1, 0.15) is 12.1 Å². The van der Waals surface area contributed by atoms with Gasteiger partial charge in [0.25, 0.3) is 5.91 Å². The largest absolute Gasteiger partial charge is 0.401 e. The number of H-pyrrole nitrogens is 1. The maximum Gasteiger partial charge on any atom is 0.401 e. The van der Waals surface area contributed by atoms with E-state index in [4.69, 9.17) is 0 Å². The van der Waals surface area contributed by atoms with E-state index in [1.54, 1.807) is 29.5 Å². The van der Waals surface area contributed by atoms with Crippen molar-refractivity contribution in [1.29, 1.82) is 0 Å². The Labute approximate surface area is 170 Å². The molecule has 1 aliphatic rings. The number of pyridine rings is 1. The number of imidazole rings is 1. The van der Waals surface area contributed by atoms with Crippen LogP contribution in [0.1, 0.15) is 36.2 Å². The van der Waals surface area contributed by atoms with Crippen LogP contribution in [0.25, 0.3) is 16.7 Å². The lowest BCUT2D eigenvalue weighted by atomic mass is 9.86. The van der Waals surface area contributed by atoms with Crippen LogP contribution in [-0.4, -0.2) is 55.9 Å². The van der Waals surface area contributed by atoms with Crippen LogP contribution in [0, 0.1) is 5.92 Å². The summed E-state index contributed by atoms with van der Waals surface area (Å²) in [6, 6.07) is 1.78. The zero-order valence-corrected chi connectivity index (χ0v) is 16.1. The summed E-state index contributed by atoms with van der Waals surface area (Å²) in [5.41, 5.74) is 0.809. The van der Waals surface area contributed by atoms with E-state index in [0.717, 1.165) is 31.1 Å². The summed E-state index contributed by atoms with van der Waals surface area (Å²) in [5.74, 6) is 0.443. The van der Waals surface area contributed by atoms with Gasteiger partial charge >= 0.3 is 6.18 Å². The molecule has 0 saturated heterocycles. The van der Waals surface area contributed by atoms with Crippen LogP contribution in [0.2, 0.25) is 0 Å². The fraction of sp³-hybridized carbons (Fsp3) is 0.474. The molecule has 0 aromatic carbocycles. The van der Waals surface area contributed by atoms with E-state index >= 15 is 0 Å². The Morgan fingerprint density at radius 3 is 2.77 bits per heavy atom. The van der Waals surface area contributed by atoms with E-state index in [1.165, 1.54) is 0 Å². The van der Waals surface area contributed by atoms with Crippen molar-refractivity contribution in [3.05, 3.63) is 36.7 Å². The van der Waals surface area contributed by atoms with Crippen LogP contribution in [0.3, 0.4) is 0 Å². The lowest BCUT2D eigenvalue weighted by Crippen LogP contribution is -2.40. The van der Waals surface area contributed by atoms with Gasteiger partial charge in [-0.3, -0.25) is 14.5 Å². The number of carbonyl (C=O) groups excluding carboxylic acids is 1. The van der Waals surface area contributed by atoms with Crippen LogP contribution in [0.5, 0.6) is 0 Å². The molecule has 0 atom stereocenters. The first-order chi connectivity index (χ1) is 14.4. The van der Waals surface area contributed by atoms with Crippen molar-refractivity contribution in [2.24, 2.45) is 5.92 Å². The number of carbonyl (C=O) groups is 1. The molecule has 3 N–H and O–H groups in total. The van der Waals surface area contributed by atoms with Gasteiger partial charge < -0.3 is 10.6 Å². The van der Waals surface area contributed by atoms with Crippen LogP contribution in [0.15, 0.2) is 31.0 Å². The van der Waals surface area contributed by atoms with Gasteiger partial charge in [-0.1, -0.05) is 0 Å². The normalized spacial score (nSPS) is 19.8. The average molecular weight is 421 g/mol. The first kappa shape index (κ1) is 20.3. The molecule has 0 bridgehead atoms. The number of fused-ring (bicyclic) bond motifs is 1. The van der Waals surface area contributed by atoms with Gasteiger partial charge in [-0.05, 0) is 44.2 Å². The Kier molecular flexibility index (Phi) is 5.71. The Morgan fingerprint density at radius 2 is 2.07 bits per heavy atom. The Morgan fingerprint density at radius 1 is 1.27 bits per heavy atom. The molecule has 3 aromatic heterocycles. The quantitative estimate of drug-likeness (QED) is 0.568. The molecule has 30 heavy (non-hydrogen) atoms. The predicted molar refractivity (Wildman–Crippen MR) is 103 cm³/mol. The highest BCUT2D eigenvalue weighted by Crippen LogP contribution is 2.25. The Hall–Kier alpha value is -2.95. The molecule has 3 aromatic rings. The molecule has 8 nitrogen and oxygen atoms in total. The summed E-state index contributed by atoms with van der Waals surface area (Å²) in [6.07, 6.45) is 5.37. The first-order valence-electron chi connectivity index (χ1n) is 9.80. The minimum atomic E-state index is -4.19. The van der Waals surface area contributed by atoms with Crippen LogP contribution in [0.4, 0.5) is 13.2 Å². The SMILES string of the molecule is O=C(N[C@H]1CC[C@H](CNCC(F)(F)F)CC1)c1nc(-n2ccnc2)cc2cn[nH]c12. The second-order valence-electron chi connectivity index (χ2n) is 7.57. The molecule has 0 aliphatic heterocycles. The van der Waals surface area contributed by atoms with Crippen LogP contribution >= 0.6 is 0 Å². The molecule has 3 heterocycles. The number of alkyl halides is 3. The van der Waals surface area contributed by atoms with Crippen molar-refractivity contribution >= 4 is 16.8 Å². The summed E-state index contributed by atoms with van der Waals surface area (Å²) in [6.45, 7) is -0.633. The molecular weight excluding hydrogens is 399 g/mol. The summed E-state index contributed by atoms with van der Waals surface area (Å²) in [7, 11) is 0. The van der Waals surface area contributed by atoms with Gasteiger partial charge in [0, 0.05) is 23.8 Å². The standard InChI is InChI=1S/C19H22F3N7O/c20-19(21,22)10-24-8-12-1-3-14(4-2-12)26-18(30)17-16-13(9-25-28-16)7-15(27-17)29-6-5-23-11-29/h5-7,9,11-12,14,24H,1-4,8,10H2,(H,25,28)(H,26,30)/t12-,14-. The number of halogens is 3. The third kappa shape index (κ3) is 4.78. The summed E-state index contributed by atoms with van der Waals surface area (Å²) < 4.78 is 38.5. The number of hydrogen-bond donors (Lipinski definition) is 3. The molecule has 11 heteroatoms. The topological polar surface area (TPSA) is 101 Å². The number of hydrogen-bond acceptors (Lipinski definition) is 5. The Balaban J connectivity index is 1.38. The van der Waals surface area contributed by atoms with Crippen molar-refractivity contribution in [2.75, 3.05) is 13.1 Å². The van der Waals surface area contributed by atoms with Crippen LogP contribution < -0.4 is 10.6 Å². The molecule has 0 unspecified atom stereocenters. The second kappa shape index (κ2) is 8.42. The molecule has 1 amide bonds. The van der Waals surface area contributed by atoms with Crippen molar-refractivity contribution in [3.8, 4) is 5.82 Å². The van der Waals surface area contributed by atoms with E-state index < -0.39 is 12.7 Å². The Bertz CT molecular complexity index is 991. The summed E-state index contributed by atoms with van der Waals surface area (Å²) in [4.78, 5) is 21.4. The molecular formula is C19H22F3N7O. The maximum atomic E-state index is 12.9. The first-order valence-corrected chi connectivity index (χ1v) is 9.80. The number of nitrogens with zero attached hydrogens (tertiary/aromatic N) is 4. The number of aromatic amines is 1. The fourth-order valence-corrected chi connectivity index (χ4v) is 3.81. The molecule has 1 fully saturated rings. The zero-order valence-electron chi connectivity index (χ0n) is 16.1. The average Bonchev–Trinajstić information content (AvgIpc) is 3.39. The van der Waals surface area contributed by atoms with E-state index in [-0.39, 0.29) is 23.6 Å². The lowest BCUT2D eigenvalue weighted by molar-refractivity contribution is -0.125. The molecule has 1 saturated carbocycles. The van der Waals surface area contributed by atoms with Gasteiger partial charge in [-0.25, -0.2) is 9.97 Å². The van der Waals surface area contributed by atoms with Gasteiger partial charge in [0.15, 0.2) is 5.69 Å². The molecule has 0 radical (unpaired) electrons. The number of nitrogens with one attached hydrogen (secondary N) is 3. The molecule has 1 aliphatic carbocycles. The van der Waals surface area contributed by atoms with Gasteiger partial charge in [0.2, 0.25) is 0 Å². The summed E-state index contributed by atoms with van der Waals surface area (Å²) >= 11 is 0. The third-order valence-corrected chi connectivity index (χ3v) is 5.34. The highest BCUT2D eigenvalue weighted by Gasteiger charge is 2.28. The van der Waals surface area contributed by atoms with Crippen molar-refractivity contribution in [2.45, 2.75) is 37.9 Å². The number of amides is 1. The minimum absolute atomic E-state index is 0.0342.